The van der Waals surface area contributed by atoms with Crippen molar-refractivity contribution in [3.8, 4) is 0 Å². The second-order valence-electron chi connectivity index (χ2n) is 2.97. The van der Waals surface area contributed by atoms with Gasteiger partial charge in [-0.2, -0.15) is 0 Å². The van der Waals surface area contributed by atoms with E-state index in [-0.39, 0.29) is 25.9 Å². The van der Waals surface area contributed by atoms with Crippen molar-refractivity contribution in [2.75, 3.05) is 0 Å². The SMILES string of the molecule is CC1(Br)CCCCC1.[H-].[H-].[Mg+2]. The predicted molar refractivity (Wildman–Crippen MR) is 48.4 cm³/mol. The van der Waals surface area contributed by atoms with Crippen LogP contribution in [0.1, 0.15) is 41.9 Å². The largest absolute Gasteiger partial charge is 2.00 e. The third-order valence-corrected chi connectivity index (χ3v) is 2.69. The second-order valence-corrected chi connectivity index (χ2v) is 4.89. The van der Waals surface area contributed by atoms with Crippen molar-refractivity contribution in [3.05, 3.63) is 0 Å². The molecule has 0 aromatic carbocycles. The third kappa shape index (κ3) is 3.84. The molecule has 0 heterocycles. The molecule has 0 bridgehead atoms. The van der Waals surface area contributed by atoms with Crippen LogP contribution in [0.2, 0.25) is 0 Å². The summed E-state index contributed by atoms with van der Waals surface area (Å²) in [5.74, 6) is 0. The first-order chi connectivity index (χ1) is 3.71. The van der Waals surface area contributed by atoms with Gasteiger partial charge in [0.05, 0.1) is 0 Å². The van der Waals surface area contributed by atoms with Gasteiger partial charge in [0.15, 0.2) is 0 Å². The Bertz CT molecular complexity index is 80.5. The Morgan fingerprint density at radius 3 is 1.89 bits per heavy atom. The molecule has 0 atom stereocenters. The molecule has 0 saturated heterocycles. The number of alkyl halides is 1. The van der Waals surface area contributed by atoms with Crippen LogP contribution in [0.5, 0.6) is 0 Å². The molecule has 9 heavy (non-hydrogen) atoms. The van der Waals surface area contributed by atoms with Crippen LogP contribution in [0.3, 0.4) is 0 Å². The molecule has 0 nitrogen and oxygen atoms in total. The average Bonchev–Trinajstić information content (AvgIpc) is 1.65. The van der Waals surface area contributed by atoms with Crippen LogP contribution < -0.4 is 0 Å². The van der Waals surface area contributed by atoms with E-state index in [2.05, 4.69) is 22.9 Å². The van der Waals surface area contributed by atoms with Crippen molar-refractivity contribution >= 4 is 39.0 Å². The van der Waals surface area contributed by atoms with E-state index in [1.165, 1.54) is 32.1 Å². The van der Waals surface area contributed by atoms with Gasteiger partial charge in [0.2, 0.25) is 0 Å². The van der Waals surface area contributed by atoms with Gasteiger partial charge in [-0.3, -0.25) is 0 Å². The van der Waals surface area contributed by atoms with Gasteiger partial charge in [-0.1, -0.05) is 35.2 Å². The van der Waals surface area contributed by atoms with E-state index < -0.39 is 0 Å². The van der Waals surface area contributed by atoms with Crippen LogP contribution in [-0.2, 0) is 0 Å². The van der Waals surface area contributed by atoms with Crippen molar-refractivity contribution in [1.29, 1.82) is 0 Å². The molecule has 1 fully saturated rings. The van der Waals surface area contributed by atoms with E-state index in [9.17, 15) is 0 Å². The van der Waals surface area contributed by atoms with Crippen LogP contribution in [0, 0.1) is 0 Å². The van der Waals surface area contributed by atoms with Gasteiger partial charge in [-0.05, 0) is 19.8 Å². The van der Waals surface area contributed by atoms with E-state index in [1.54, 1.807) is 0 Å². The van der Waals surface area contributed by atoms with E-state index >= 15 is 0 Å². The first-order valence-corrected chi connectivity index (χ1v) is 4.19. The van der Waals surface area contributed by atoms with Crippen LogP contribution in [-0.4, -0.2) is 27.4 Å². The summed E-state index contributed by atoms with van der Waals surface area (Å²) in [4.78, 5) is 0. The van der Waals surface area contributed by atoms with E-state index in [0.717, 1.165) is 0 Å². The molecule has 1 saturated carbocycles. The molecule has 0 aliphatic heterocycles. The Balaban J connectivity index is -0.000000213. The first-order valence-electron chi connectivity index (χ1n) is 3.40. The Labute approximate surface area is 85.0 Å². The predicted octanol–water partition coefficient (Wildman–Crippen LogP) is 2.95. The van der Waals surface area contributed by atoms with Gasteiger partial charge < -0.3 is 2.85 Å². The number of rotatable bonds is 0. The minimum Gasteiger partial charge on any atom is -1.00 e. The maximum atomic E-state index is 3.69. The van der Waals surface area contributed by atoms with Gasteiger partial charge in [-0.15, -0.1) is 0 Å². The van der Waals surface area contributed by atoms with Crippen molar-refractivity contribution in [2.24, 2.45) is 0 Å². The fourth-order valence-electron chi connectivity index (χ4n) is 1.29. The van der Waals surface area contributed by atoms with Gasteiger partial charge in [0, 0.05) is 4.32 Å². The zero-order valence-corrected chi connectivity index (χ0v) is 9.12. The fraction of sp³-hybridized carbons (Fsp3) is 1.00. The molecule has 1 aliphatic rings. The average molecular weight is 203 g/mol. The number of halogens is 1. The van der Waals surface area contributed by atoms with Crippen LogP contribution in [0.15, 0.2) is 0 Å². The normalized spacial score (nSPS) is 24.7. The summed E-state index contributed by atoms with van der Waals surface area (Å²) < 4.78 is 0.491. The Hall–Kier alpha value is 1.25. The Kier molecular flexibility index (Phi) is 4.77. The summed E-state index contributed by atoms with van der Waals surface area (Å²) in [7, 11) is 0. The van der Waals surface area contributed by atoms with Gasteiger partial charge >= 0.3 is 23.1 Å². The third-order valence-electron chi connectivity index (χ3n) is 1.90. The van der Waals surface area contributed by atoms with E-state index in [1.807, 2.05) is 0 Å². The molecule has 0 spiro atoms. The van der Waals surface area contributed by atoms with Crippen LogP contribution in [0.25, 0.3) is 0 Å². The minimum absolute atomic E-state index is 0. The second kappa shape index (κ2) is 4.19. The van der Waals surface area contributed by atoms with E-state index in [0.29, 0.717) is 4.32 Å². The molecule has 0 aromatic heterocycles. The summed E-state index contributed by atoms with van der Waals surface area (Å²) in [5.41, 5.74) is 0. The van der Waals surface area contributed by atoms with Crippen molar-refractivity contribution in [2.45, 2.75) is 43.4 Å². The fourth-order valence-corrected chi connectivity index (χ4v) is 1.85. The quantitative estimate of drug-likeness (QED) is 0.419. The standard InChI is InChI=1S/C7H13Br.Mg.2H/c1-7(8)5-3-2-4-6-7;;;/h2-6H2,1H3;;;/q;+2;2*-1. The molecule has 2 heteroatoms. The maximum Gasteiger partial charge on any atom is 2.00 e. The smallest absolute Gasteiger partial charge is 1.00 e. The van der Waals surface area contributed by atoms with Gasteiger partial charge in [-0.25, -0.2) is 0 Å². The number of hydrogen-bond donors (Lipinski definition) is 0. The maximum absolute atomic E-state index is 3.69. The van der Waals surface area contributed by atoms with Crippen LogP contribution >= 0.6 is 15.9 Å². The molecule has 0 amide bonds. The molecule has 52 valence electrons. The van der Waals surface area contributed by atoms with E-state index in [4.69, 9.17) is 0 Å². The summed E-state index contributed by atoms with van der Waals surface area (Å²) in [6.45, 7) is 2.30. The summed E-state index contributed by atoms with van der Waals surface area (Å²) in [6, 6.07) is 0. The van der Waals surface area contributed by atoms with Crippen molar-refractivity contribution in [1.82, 2.24) is 0 Å². The van der Waals surface area contributed by atoms with Crippen molar-refractivity contribution < 1.29 is 2.85 Å². The van der Waals surface area contributed by atoms with Crippen LogP contribution in [0.4, 0.5) is 0 Å². The molecule has 1 rings (SSSR count). The molecule has 1 aliphatic carbocycles. The molecule has 0 N–H and O–H groups in total. The van der Waals surface area contributed by atoms with Gasteiger partial charge in [0.1, 0.15) is 0 Å². The molecule has 0 unspecified atom stereocenters. The summed E-state index contributed by atoms with van der Waals surface area (Å²) in [6.07, 6.45) is 7.02. The topological polar surface area (TPSA) is 0 Å². The molecule has 0 aromatic rings. The number of hydrogen-bond acceptors (Lipinski definition) is 0. The molecular formula is C7H15BrMg. The monoisotopic (exact) mass is 202 g/mol. The van der Waals surface area contributed by atoms with Crippen molar-refractivity contribution in [3.63, 3.8) is 0 Å². The minimum atomic E-state index is 0. The molecule has 0 radical (unpaired) electrons. The first kappa shape index (κ1) is 10.2. The zero-order valence-electron chi connectivity index (χ0n) is 8.12. The molecular weight excluding hydrogens is 188 g/mol. The Morgan fingerprint density at radius 1 is 1.22 bits per heavy atom. The Morgan fingerprint density at radius 2 is 1.67 bits per heavy atom. The van der Waals surface area contributed by atoms with Gasteiger partial charge in [0.25, 0.3) is 0 Å². The zero-order chi connectivity index (χ0) is 6.04. The summed E-state index contributed by atoms with van der Waals surface area (Å²) in [5, 5.41) is 0. The summed E-state index contributed by atoms with van der Waals surface area (Å²) >= 11 is 3.69.